The Balaban J connectivity index is 1.33. The van der Waals surface area contributed by atoms with Crippen molar-refractivity contribution in [3.8, 4) is 0 Å². The quantitative estimate of drug-likeness (QED) is 0.0969. The van der Waals surface area contributed by atoms with Crippen molar-refractivity contribution in [2.45, 2.75) is 82.7 Å². The molecule has 0 spiro atoms. The van der Waals surface area contributed by atoms with Crippen molar-refractivity contribution in [1.29, 1.82) is 0 Å². The van der Waals surface area contributed by atoms with Crippen LogP contribution in [0.25, 0.3) is 0 Å². The molecule has 7 nitrogen and oxygen atoms in total. The third-order valence-corrected chi connectivity index (χ3v) is 9.72. The number of nitrogens with zero attached hydrogens (tertiary/aromatic N) is 2. The molecule has 1 aliphatic heterocycles. The van der Waals surface area contributed by atoms with E-state index >= 15 is 0 Å². The molecule has 3 aromatic rings. The number of unbranched alkanes of at least 4 members (excludes halogenated alkanes) is 4. The number of nitrogens with one attached hydrogen (secondary N) is 1. The van der Waals surface area contributed by atoms with Gasteiger partial charge < -0.3 is 20.9 Å². The molecule has 0 aliphatic carbocycles. The maximum Gasteiger partial charge on any atom is 0.225 e. The summed E-state index contributed by atoms with van der Waals surface area (Å²) < 4.78 is 0. The lowest BCUT2D eigenvalue weighted by Gasteiger charge is -2.37. The minimum Gasteiger partial charge on any atom is -0.356 e. The van der Waals surface area contributed by atoms with Gasteiger partial charge in [-0.3, -0.25) is 14.4 Å². The third kappa shape index (κ3) is 10.1. The number of rotatable bonds is 18. The van der Waals surface area contributed by atoms with Crippen LogP contribution < -0.4 is 11.1 Å². The van der Waals surface area contributed by atoms with Crippen LogP contribution in [0.5, 0.6) is 0 Å². The van der Waals surface area contributed by atoms with Crippen molar-refractivity contribution in [2.75, 3.05) is 33.2 Å². The number of nitrogens with two attached hydrogens (primary N) is 1. The zero-order chi connectivity index (χ0) is 33.5. The Labute approximate surface area is 281 Å². The first-order valence-corrected chi connectivity index (χ1v) is 17.5. The number of likely N-dealkylation sites (N-methyl/N-ethyl adjacent to an activating group) is 1. The fraction of sp³-hybridized carbons (Fsp3) is 0.475. The van der Waals surface area contributed by atoms with Gasteiger partial charge in [0.15, 0.2) is 5.78 Å². The second-order valence-corrected chi connectivity index (χ2v) is 13.1. The zero-order valence-electron chi connectivity index (χ0n) is 28.4. The van der Waals surface area contributed by atoms with Crippen LogP contribution in [0.1, 0.15) is 87.8 Å². The minimum absolute atomic E-state index is 0.0135. The average Bonchev–Trinajstić information content (AvgIpc) is 3.12. The summed E-state index contributed by atoms with van der Waals surface area (Å²) in [6.07, 6.45) is 7.67. The van der Waals surface area contributed by atoms with Crippen LogP contribution in [0.2, 0.25) is 0 Å². The van der Waals surface area contributed by atoms with Crippen LogP contribution in [-0.2, 0) is 19.8 Å². The van der Waals surface area contributed by atoms with Crippen LogP contribution in [0.4, 0.5) is 0 Å². The molecule has 1 aliphatic rings. The van der Waals surface area contributed by atoms with E-state index in [0.29, 0.717) is 12.5 Å². The SMILES string of the molecule is CCCCCCCN1CCCC(CNC(=O)CCC(=O)C(N)N(C)C(=O)CC(c2ccccc2)(c2ccccc2)c2ccccc2)C1. The summed E-state index contributed by atoms with van der Waals surface area (Å²) in [7, 11) is 1.58. The lowest BCUT2D eigenvalue weighted by Crippen LogP contribution is -2.50. The Morgan fingerprint density at radius 1 is 0.851 bits per heavy atom. The largest absolute Gasteiger partial charge is 0.356 e. The molecule has 2 unspecified atom stereocenters. The second kappa shape index (κ2) is 18.5. The lowest BCUT2D eigenvalue weighted by atomic mass is 9.67. The van der Waals surface area contributed by atoms with Gasteiger partial charge in [0.1, 0.15) is 6.17 Å². The Hall–Kier alpha value is -3.81. The fourth-order valence-corrected chi connectivity index (χ4v) is 6.89. The normalized spacial score (nSPS) is 15.9. The third-order valence-electron chi connectivity index (χ3n) is 9.72. The summed E-state index contributed by atoms with van der Waals surface area (Å²) in [5.41, 5.74) is 8.51. The molecule has 3 N–H and O–H groups in total. The van der Waals surface area contributed by atoms with E-state index in [1.807, 2.05) is 91.0 Å². The van der Waals surface area contributed by atoms with Crippen LogP contribution in [0, 0.1) is 5.92 Å². The van der Waals surface area contributed by atoms with Crippen LogP contribution in [0.15, 0.2) is 91.0 Å². The van der Waals surface area contributed by atoms with Gasteiger partial charge in [-0.15, -0.1) is 0 Å². The maximum absolute atomic E-state index is 14.0. The topological polar surface area (TPSA) is 95.7 Å². The number of carbonyl (C=O) groups is 3. The highest BCUT2D eigenvalue weighted by atomic mass is 16.2. The van der Waals surface area contributed by atoms with E-state index in [9.17, 15) is 14.4 Å². The highest BCUT2D eigenvalue weighted by Crippen LogP contribution is 2.42. The van der Waals surface area contributed by atoms with Crippen molar-refractivity contribution in [1.82, 2.24) is 15.1 Å². The number of likely N-dealkylation sites (tertiary alicyclic amines) is 1. The monoisotopic (exact) mass is 638 g/mol. The molecule has 7 heteroatoms. The van der Waals surface area contributed by atoms with E-state index in [1.165, 1.54) is 37.0 Å². The molecule has 1 fully saturated rings. The fourth-order valence-electron chi connectivity index (χ4n) is 6.89. The zero-order valence-corrected chi connectivity index (χ0v) is 28.4. The van der Waals surface area contributed by atoms with E-state index in [2.05, 4.69) is 17.1 Å². The predicted octanol–water partition coefficient (Wildman–Crippen LogP) is 6.30. The van der Waals surface area contributed by atoms with Gasteiger partial charge in [0.2, 0.25) is 11.8 Å². The molecular formula is C40H54N4O3. The maximum atomic E-state index is 14.0. The van der Waals surface area contributed by atoms with Crippen LogP contribution in [0.3, 0.4) is 0 Å². The molecule has 0 radical (unpaired) electrons. The number of ketones is 1. The van der Waals surface area contributed by atoms with Crippen molar-refractivity contribution < 1.29 is 14.4 Å². The van der Waals surface area contributed by atoms with Gasteiger partial charge >= 0.3 is 0 Å². The number of hydrogen-bond acceptors (Lipinski definition) is 5. The molecule has 0 saturated carbocycles. The highest BCUT2D eigenvalue weighted by molar-refractivity contribution is 5.91. The molecule has 0 aromatic heterocycles. The van der Waals surface area contributed by atoms with Gasteiger partial charge in [-0.25, -0.2) is 0 Å². The number of hydrogen-bond donors (Lipinski definition) is 2. The molecule has 47 heavy (non-hydrogen) atoms. The molecular weight excluding hydrogens is 584 g/mol. The van der Waals surface area contributed by atoms with E-state index in [4.69, 9.17) is 5.73 Å². The standard InChI is InChI=1S/C40H54N4O3/c1-3-4-5-6-16-27-44-28-17-18-32(31-44)30-42-37(46)26-25-36(45)39(41)43(2)38(47)29-40(33-19-10-7-11-20-33,34-21-12-8-13-22-34)35-23-14-9-15-24-35/h7-15,19-24,32,39H,3-6,16-18,25-31,41H2,1-2H3,(H,42,46). The first-order chi connectivity index (χ1) is 22.8. The van der Waals surface area contributed by atoms with E-state index in [-0.39, 0.29) is 36.9 Å². The minimum atomic E-state index is -1.14. The van der Waals surface area contributed by atoms with Crippen LogP contribution >= 0.6 is 0 Å². The molecule has 252 valence electrons. The highest BCUT2D eigenvalue weighted by Gasteiger charge is 2.40. The molecule has 2 atom stereocenters. The van der Waals surface area contributed by atoms with Crippen LogP contribution in [-0.4, -0.2) is 66.8 Å². The van der Waals surface area contributed by atoms with Crippen molar-refractivity contribution >= 4 is 17.6 Å². The number of carbonyl (C=O) groups excluding carboxylic acids is 3. The van der Waals surface area contributed by atoms with E-state index < -0.39 is 11.6 Å². The predicted molar refractivity (Wildman–Crippen MR) is 190 cm³/mol. The smallest absolute Gasteiger partial charge is 0.225 e. The molecule has 0 bridgehead atoms. The second-order valence-electron chi connectivity index (χ2n) is 13.1. The van der Waals surface area contributed by atoms with Crippen molar-refractivity contribution in [2.24, 2.45) is 11.7 Å². The van der Waals surface area contributed by atoms with Crippen molar-refractivity contribution in [3.05, 3.63) is 108 Å². The number of benzene rings is 3. The molecule has 2 amide bonds. The van der Waals surface area contributed by atoms with Gasteiger partial charge in [-0.05, 0) is 55.0 Å². The van der Waals surface area contributed by atoms with Gasteiger partial charge in [0, 0.05) is 39.4 Å². The first-order valence-electron chi connectivity index (χ1n) is 17.5. The number of amides is 2. The molecule has 3 aromatic carbocycles. The average molecular weight is 639 g/mol. The summed E-state index contributed by atoms with van der Waals surface area (Å²) >= 11 is 0. The molecule has 1 heterocycles. The first kappa shape index (κ1) is 36.0. The summed E-state index contributed by atoms with van der Waals surface area (Å²) in [5.74, 6) is -0.289. The molecule has 4 rings (SSSR count). The summed E-state index contributed by atoms with van der Waals surface area (Å²) in [5, 5.41) is 3.05. The van der Waals surface area contributed by atoms with Crippen molar-refractivity contribution in [3.63, 3.8) is 0 Å². The lowest BCUT2D eigenvalue weighted by molar-refractivity contribution is -0.138. The summed E-state index contributed by atoms with van der Waals surface area (Å²) in [4.78, 5) is 43.8. The van der Waals surface area contributed by atoms with Gasteiger partial charge in [0.05, 0.1) is 5.41 Å². The van der Waals surface area contributed by atoms with Gasteiger partial charge in [-0.2, -0.15) is 0 Å². The van der Waals surface area contributed by atoms with Gasteiger partial charge in [-0.1, -0.05) is 124 Å². The summed E-state index contributed by atoms with van der Waals surface area (Å²) in [6, 6.07) is 30.0. The van der Waals surface area contributed by atoms with Gasteiger partial charge in [0.25, 0.3) is 0 Å². The number of Topliss-reactive ketones (excluding diaryl/α,β-unsaturated/α-hetero) is 1. The Morgan fingerprint density at radius 3 is 1.96 bits per heavy atom. The summed E-state index contributed by atoms with van der Waals surface area (Å²) in [6.45, 7) is 6.16. The number of piperidine rings is 1. The Kier molecular flexibility index (Phi) is 14.2. The Bertz CT molecular complexity index is 1290. The Morgan fingerprint density at radius 2 is 1.40 bits per heavy atom. The van der Waals surface area contributed by atoms with E-state index in [0.717, 1.165) is 49.2 Å². The molecule has 1 saturated heterocycles. The van der Waals surface area contributed by atoms with E-state index in [1.54, 1.807) is 7.05 Å².